The largest absolute Gasteiger partial charge is 0.465 e. The van der Waals surface area contributed by atoms with Crippen LogP contribution in [0.1, 0.15) is 84.0 Å². The van der Waals surface area contributed by atoms with Gasteiger partial charge in [-0.1, -0.05) is 97.8 Å². The quantitative estimate of drug-likeness (QED) is 0.179. The highest BCUT2D eigenvalue weighted by Crippen LogP contribution is 2.22. The van der Waals surface area contributed by atoms with Gasteiger partial charge in [0.15, 0.2) is 12.6 Å². The van der Waals surface area contributed by atoms with Gasteiger partial charge in [0.25, 0.3) is 0 Å². The average Bonchev–Trinajstić information content (AvgIpc) is 2.94. The van der Waals surface area contributed by atoms with Crippen LogP contribution in [0.3, 0.4) is 0 Å². The highest BCUT2D eigenvalue weighted by Gasteiger charge is 2.23. The van der Waals surface area contributed by atoms with Gasteiger partial charge in [-0.2, -0.15) is 0 Å². The van der Waals surface area contributed by atoms with E-state index in [9.17, 15) is 0 Å². The SMILES string of the molecule is Brc1ccc(OC2CCCCO2)cc1.CCCCCCCC[Si](C)(C)c1ccc(OC2CCCCO2)cc1. The minimum atomic E-state index is -1.31. The summed E-state index contributed by atoms with van der Waals surface area (Å²) in [4.78, 5) is 0. The molecular formula is C32H49BrO4Si. The molecule has 6 heteroatoms. The number of hydrogen-bond acceptors (Lipinski definition) is 4. The highest BCUT2D eigenvalue weighted by molar-refractivity contribution is 9.10. The van der Waals surface area contributed by atoms with Gasteiger partial charge in [-0.25, -0.2) is 0 Å². The number of rotatable bonds is 12. The van der Waals surface area contributed by atoms with Gasteiger partial charge in [-0.3, -0.25) is 0 Å². The fourth-order valence-corrected chi connectivity index (χ4v) is 7.66. The minimum absolute atomic E-state index is 0.0435. The van der Waals surface area contributed by atoms with Gasteiger partial charge in [0, 0.05) is 17.3 Å². The maximum Gasteiger partial charge on any atom is 0.199 e. The lowest BCUT2D eigenvalue weighted by molar-refractivity contribution is -0.106. The van der Waals surface area contributed by atoms with Crippen molar-refractivity contribution in [2.75, 3.05) is 13.2 Å². The van der Waals surface area contributed by atoms with Crippen molar-refractivity contribution in [2.45, 2.75) is 116 Å². The molecule has 2 aromatic rings. The molecule has 0 bridgehead atoms. The van der Waals surface area contributed by atoms with Crippen LogP contribution in [0.4, 0.5) is 0 Å². The summed E-state index contributed by atoms with van der Waals surface area (Å²) in [6.45, 7) is 8.93. The third-order valence-corrected chi connectivity index (χ3v) is 11.4. The molecule has 2 aliphatic rings. The second kappa shape index (κ2) is 17.4. The Morgan fingerprint density at radius 2 is 1.21 bits per heavy atom. The van der Waals surface area contributed by atoms with E-state index in [0.29, 0.717) is 0 Å². The molecule has 2 heterocycles. The fraction of sp³-hybridized carbons (Fsp3) is 0.625. The molecule has 0 amide bonds. The highest BCUT2D eigenvalue weighted by atomic mass is 79.9. The summed E-state index contributed by atoms with van der Waals surface area (Å²) in [7, 11) is -1.31. The molecular weight excluding hydrogens is 556 g/mol. The van der Waals surface area contributed by atoms with Gasteiger partial charge in [-0.05, 0) is 62.1 Å². The fourth-order valence-electron chi connectivity index (χ4n) is 4.90. The number of hydrogen-bond donors (Lipinski definition) is 0. The van der Waals surface area contributed by atoms with Crippen LogP contribution >= 0.6 is 15.9 Å². The van der Waals surface area contributed by atoms with E-state index in [0.717, 1.165) is 54.9 Å². The molecule has 0 spiro atoms. The summed E-state index contributed by atoms with van der Waals surface area (Å²) in [5.74, 6) is 1.83. The Bertz CT molecular complexity index is 875. The zero-order valence-corrected chi connectivity index (χ0v) is 26.5. The Balaban J connectivity index is 0.000000241. The normalized spacial score (nSPS) is 19.8. The van der Waals surface area contributed by atoms with E-state index in [2.05, 4.69) is 60.2 Å². The average molecular weight is 606 g/mol. The summed E-state index contributed by atoms with van der Waals surface area (Å²) in [5.41, 5.74) is 0. The van der Waals surface area contributed by atoms with E-state index < -0.39 is 8.07 Å². The molecule has 4 rings (SSSR count). The molecule has 2 unspecified atom stereocenters. The van der Waals surface area contributed by atoms with E-state index >= 15 is 0 Å². The monoisotopic (exact) mass is 604 g/mol. The zero-order valence-electron chi connectivity index (χ0n) is 23.9. The topological polar surface area (TPSA) is 36.9 Å². The van der Waals surface area contributed by atoms with E-state index in [4.69, 9.17) is 18.9 Å². The second-order valence-electron chi connectivity index (χ2n) is 11.2. The first-order valence-corrected chi connectivity index (χ1v) is 18.9. The maximum absolute atomic E-state index is 5.95. The Labute approximate surface area is 240 Å². The molecule has 2 atom stereocenters. The van der Waals surface area contributed by atoms with Crippen molar-refractivity contribution in [3.8, 4) is 11.5 Å². The van der Waals surface area contributed by atoms with Gasteiger partial charge < -0.3 is 18.9 Å². The van der Waals surface area contributed by atoms with Crippen LogP contribution in [0.2, 0.25) is 19.1 Å². The zero-order chi connectivity index (χ0) is 27.1. The number of unbranched alkanes of at least 4 members (excludes halogenated alkanes) is 5. The third kappa shape index (κ3) is 11.8. The molecule has 2 aliphatic heterocycles. The van der Waals surface area contributed by atoms with Crippen LogP contribution in [-0.4, -0.2) is 33.9 Å². The Kier molecular flexibility index (Phi) is 14.3. The van der Waals surface area contributed by atoms with E-state index in [-0.39, 0.29) is 12.6 Å². The molecule has 0 aromatic heterocycles. The molecule has 2 aromatic carbocycles. The molecule has 212 valence electrons. The lowest BCUT2D eigenvalue weighted by Gasteiger charge is -2.25. The molecule has 0 aliphatic carbocycles. The van der Waals surface area contributed by atoms with E-state index in [1.165, 1.54) is 57.4 Å². The van der Waals surface area contributed by atoms with Crippen LogP contribution < -0.4 is 14.7 Å². The molecule has 4 nitrogen and oxygen atoms in total. The predicted molar refractivity (Wildman–Crippen MR) is 164 cm³/mol. The van der Waals surface area contributed by atoms with Crippen molar-refractivity contribution in [3.05, 3.63) is 53.0 Å². The predicted octanol–water partition coefficient (Wildman–Crippen LogP) is 9.22. The van der Waals surface area contributed by atoms with Gasteiger partial charge >= 0.3 is 0 Å². The van der Waals surface area contributed by atoms with Gasteiger partial charge in [0.05, 0.1) is 21.3 Å². The van der Waals surface area contributed by atoms with Crippen molar-refractivity contribution < 1.29 is 18.9 Å². The van der Waals surface area contributed by atoms with Crippen molar-refractivity contribution in [3.63, 3.8) is 0 Å². The number of benzene rings is 2. The van der Waals surface area contributed by atoms with Crippen molar-refractivity contribution in [2.24, 2.45) is 0 Å². The summed E-state index contributed by atoms with van der Waals surface area (Å²) in [5, 5.41) is 1.55. The van der Waals surface area contributed by atoms with Gasteiger partial charge in [0.2, 0.25) is 0 Å². The van der Waals surface area contributed by atoms with Crippen molar-refractivity contribution in [1.29, 1.82) is 0 Å². The van der Waals surface area contributed by atoms with Gasteiger partial charge in [0.1, 0.15) is 11.5 Å². The van der Waals surface area contributed by atoms with Crippen LogP contribution in [0, 0.1) is 0 Å². The third-order valence-electron chi connectivity index (χ3n) is 7.42. The smallest absolute Gasteiger partial charge is 0.199 e. The lowest BCUT2D eigenvalue weighted by atomic mass is 10.1. The van der Waals surface area contributed by atoms with Crippen LogP contribution in [0.15, 0.2) is 53.0 Å². The first-order valence-electron chi connectivity index (χ1n) is 14.9. The Morgan fingerprint density at radius 1 is 0.711 bits per heavy atom. The molecule has 2 fully saturated rings. The van der Waals surface area contributed by atoms with Crippen molar-refractivity contribution in [1.82, 2.24) is 0 Å². The molecule has 2 saturated heterocycles. The van der Waals surface area contributed by atoms with Crippen LogP contribution in [0.5, 0.6) is 11.5 Å². The minimum Gasteiger partial charge on any atom is -0.465 e. The molecule has 0 N–H and O–H groups in total. The first-order chi connectivity index (χ1) is 18.5. The molecule has 0 radical (unpaired) electrons. The first kappa shape index (κ1) is 31.2. The molecule has 0 saturated carbocycles. The van der Waals surface area contributed by atoms with Crippen molar-refractivity contribution >= 4 is 29.2 Å². The number of ether oxygens (including phenoxy) is 4. The number of halogens is 1. The van der Waals surface area contributed by atoms with Gasteiger partial charge in [-0.15, -0.1) is 0 Å². The summed E-state index contributed by atoms with van der Waals surface area (Å²) in [6.07, 6.45) is 15.0. The summed E-state index contributed by atoms with van der Waals surface area (Å²) in [6, 6.07) is 18.1. The van der Waals surface area contributed by atoms with Crippen LogP contribution in [0.25, 0.3) is 0 Å². The second-order valence-corrected chi connectivity index (χ2v) is 17.0. The van der Waals surface area contributed by atoms with E-state index in [1.807, 2.05) is 24.3 Å². The Morgan fingerprint density at radius 3 is 1.71 bits per heavy atom. The van der Waals surface area contributed by atoms with Crippen LogP contribution in [-0.2, 0) is 9.47 Å². The maximum atomic E-state index is 5.95. The Hall–Kier alpha value is -1.34. The van der Waals surface area contributed by atoms with E-state index in [1.54, 1.807) is 5.19 Å². The lowest BCUT2D eigenvalue weighted by Crippen LogP contribution is -2.40. The molecule has 38 heavy (non-hydrogen) atoms. The summed E-state index contributed by atoms with van der Waals surface area (Å²) >= 11 is 3.38. The standard InChI is InChI=1S/C21H36O2Si.C11H13BrO2/c1-4-5-6-7-8-11-18-24(2,3)20-15-13-19(14-16-20)23-21-12-9-10-17-22-21;12-9-4-6-10(7-5-9)14-11-3-1-2-8-13-11/h13-16,21H,4-12,17-18H2,1-3H3;4-7,11H,1-3,8H2. The summed E-state index contributed by atoms with van der Waals surface area (Å²) < 4.78 is 23.8.